The number of thiophene rings is 1. The van der Waals surface area contributed by atoms with Gasteiger partial charge < -0.3 is 5.32 Å². The van der Waals surface area contributed by atoms with Gasteiger partial charge in [-0.3, -0.25) is 4.99 Å². The van der Waals surface area contributed by atoms with Crippen LogP contribution in [-0.4, -0.2) is 6.34 Å². The topological polar surface area (TPSA) is 24.4 Å². The summed E-state index contributed by atoms with van der Waals surface area (Å²) in [4.78, 5) is 5.89. The van der Waals surface area contributed by atoms with Gasteiger partial charge in [-0.25, -0.2) is 0 Å². The summed E-state index contributed by atoms with van der Waals surface area (Å²) in [5, 5.41) is 4.36. The van der Waals surface area contributed by atoms with Crippen LogP contribution in [0.15, 0.2) is 35.5 Å². The number of nitrogens with one attached hydrogen (secondary N) is 1. The van der Waals surface area contributed by atoms with Crippen molar-refractivity contribution in [3.63, 3.8) is 0 Å². The standard InChI is InChI=1S/C15H16N2S/c1-3-11-4-5-14-12(8-11)15(10(2)18-14)13-6-7-16-9-17-13/h4-9,13H,3H2,1-2H3,(H,16,17). The molecule has 1 aliphatic rings. The molecule has 0 saturated heterocycles. The minimum Gasteiger partial charge on any atom is -0.353 e. The molecule has 1 atom stereocenters. The number of rotatable bonds is 2. The fraction of sp³-hybridized carbons (Fsp3) is 0.267. The predicted molar refractivity (Wildman–Crippen MR) is 79.4 cm³/mol. The van der Waals surface area contributed by atoms with Gasteiger partial charge in [-0.15, -0.1) is 11.3 Å². The Morgan fingerprint density at radius 3 is 3.00 bits per heavy atom. The van der Waals surface area contributed by atoms with Crippen molar-refractivity contribution < 1.29 is 0 Å². The molecule has 18 heavy (non-hydrogen) atoms. The third-order valence-corrected chi connectivity index (χ3v) is 4.47. The lowest BCUT2D eigenvalue weighted by Gasteiger charge is -2.12. The second-order valence-electron chi connectivity index (χ2n) is 4.50. The number of hydrogen-bond donors (Lipinski definition) is 1. The summed E-state index contributed by atoms with van der Waals surface area (Å²) < 4.78 is 1.36. The lowest BCUT2D eigenvalue weighted by atomic mass is 10.0. The molecule has 1 aliphatic heterocycles. The first-order valence-electron chi connectivity index (χ1n) is 6.26. The van der Waals surface area contributed by atoms with Gasteiger partial charge in [-0.05, 0) is 42.5 Å². The molecule has 2 heterocycles. The number of hydrogen-bond acceptors (Lipinski definition) is 3. The van der Waals surface area contributed by atoms with Crippen molar-refractivity contribution in [2.24, 2.45) is 4.99 Å². The van der Waals surface area contributed by atoms with E-state index in [0.29, 0.717) is 0 Å². The van der Waals surface area contributed by atoms with E-state index in [1.54, 1.807) is 6.34 Å². The summed E-state index contributed by atoms with van der Waals surface area (Å²) in [6.45, 7) is 4.39. The van der Waals surface area contributed by atoms with Gasteiger partial charge >= 0.3 is 0 Å². The molecule has 2 nitrogen and oxygen atoms in total. The lowest BCUT2D eigenvalue weighted by molar-refractivity contribution is 0.889. The van der Waals surface area contributed by atoms with Crippen molar-refractivity contribution in [3.05, 3.63) is 46.5 Å². The highest BCUT2D eigenvalue weighted by Gasteiger charge is 2.17. The second kappa shape index (κ2) is 4.58. The van der Waals surface area contributed by atoms with E-state index in [4.69, 9.17) is 0 Å². The van der Waals surface area contributed by atoms with Crippen LogP contribution >= 0.6 is 11.3 Å². The number of benzene rings is 1. The molecule has 92 valence electrons. The third-order valence-electron chi connectivity index (χ3n) is 3.36. The van der Waals surface area contributed by atoms with Crippen molar-refractivity contribution >= 4 is 27.8 Å². The zero-order chi connectivity index (χ0) is 12.5. The average molecular weight is 256 g/mol. The van der Waals surface area contributed by atoms with Gasteiger partial charge in [0.05, 0.1) is 12.4 Å². The van der Waals surface area contributed by atoms with Crippen LogP contribution in [0.4, 0.5) is 0 Å². The maximum atomic E-state index is 4.52. The minimum absolute atomic E-state index is 0.159. The van der Waals surface area contributed by atoms with E-state index in [-0.39, 0.29) is 6.04 Å². The zero-order valence-corrected chi connectivity index (χ0v) is 11.4. The van der Waals surface area contributed by atoms with Gasteiger partial charge in [0, 0.05) is 21.3 Å². The molecule has 1 N–H and O–H groups in total. The SMILES string of the molecule is CCc1ccc2sc(C)c(C3C=CNC=N3)c2c1. The second-order valence-corrected chi connectivity index (χ2v) is 5.76. The van der Waals surface area contributed by atoms with E-state index in [1.807, 2.05) is 17.5 Å². The Morgan fingerprint density at radius 2 is 2.28 bits per heavy atom. The molecule has 0 amide bonds. The number of nitrogens with zero attached hydrogens (tertiary/aromatic N) is 1. The molecule has 1 aromatic carbocycles. The fourth-order valence-corrected chi connectivity index (χ4v) is 3.49. The Kier molecular flexibility index (Phi) is 2.92. The highest BCUT2D eigenvalue weighted by molar-refractivity contribution is 7.19. The van der Waals surface area contributed by atoms with Gasteiger partial charge in [0.2, 0.25) is 0 Å². The zero-order valence-electron chi connectivity index (χ0n) is 10.6. The predicted octanol–water partition coefficient (Wildman–Crippen LogP) is 3.96. The van der Waals surface area contributed by atoms with Crippen molar-refractivity contribution in [2.45, 2.75) is 26.3 Å². The van der Waals surface area contributed by atoms with Gasteiger partial charge in [0.15, 0.2) is 0 Å². The monoisotopic (exact) mass is 256 g/mol. The van der Waals surface area contributed by atoms with Crippen LogP contribution in [0, 0.1) is 6.92 Å². The maximum absolute atomic E-state index is 4.52. The average Bonchev–Trinajstić information content (AvgIpc) is 2.74. The van der Waals surface area contributed by atoms with E-state index in [9.17, 15) is 0 Å². The van der Waals surface area contributed by atoms with Gasteiger partial charge in [-0.2, -0.15) is 0 Å². The Hall–Kier alpha value is -1.61. The summed E-state index contributed by atoms with van der Waals surface area (Å²) in [5.41, 5.74) is 2.75. The van der Waals surface area contributed by atoms with Crippen LogP contribution in [0.2, 0.25) is 0 Å². The van der Waals surface area contributed by atoms with Crippen molar-refractivity contribution in [3.8, 4) is 0 Å². The fourth-order valence-electron chi connectivity index (χ4n) is 2.41. The molecule has 0 fully saturated rings. The minimum atomic E-state index is 0.159. The summed E-state index contributed by atoms with van der Waals surface area (Å²) >= 11 is 1.86. The Bertz CT molecular complexity index is 625. The highest BCUT2D eigenvalue weighted by Crippen LogP contribution is 2.37. The summed E-state index contributed by atoms with van der Waals surface area (Å²) in [6.07, 6.45) is 6.93. The molecule has 0 saturated carbocycles. The van der Waals surface area contributed by atoms with Crippen molar-refractivity contribution in [1.82, 2.24) is 5.32 Å². The van der Waals surface area contributed by atoms with E-state index in [0.717, 1.165) is 6.42 Å². The van der Waals surface area contributed by atoms with Crippen LogP contribution in [0.3, 0.4) is 0 Å². The maximum Gasteiger partial charge on any atom is 0.0981 e. The number of aliphatic imine (C=N–C) groups is 1. The summed E-state index contributed by atoms with van der Waals surface area (Å²) in [5.74, 6) is 0. The van der Waals surface area contributed by atoms with E-state index in [1.165, 1.54) is 26.1 Å². The molecule has 0 bridgehead atoms. The third kappa shape index (κ3) is 1.85. The lowest BCUT2D eigenvalue weighted by Crippen LogP contribution is -2.08. The molecule has 1 unspecified atom stereocenters. The van der Waals surface area contributed by atoms with Gasteiger partial charge in [-0.1, -0.05) is 13.0 Å². The van der Waals surface area contributed by atoms with Crippen LogP contribution in [0.5, 0.6) is 0 Å². The van der Waals surface area contributed by atoms with E-state index >= 15 is 0 Å². The Labute approximate surface area is 111 Å². The van der Waals surface area contributed by atoms with E-state index in [2.05, 4.69) is 48.4 Å². The largest absolute Gasteiger partial charge is 0.353 e. The van der Waals surface area contributed by atoms with Gasteiger partial charge in [0.25, 0.3) is 0 Å². The smallest absolute Gasteiger partial charge is 0.0981 e. The molecule has 1 aromatic heterocycles. The molecular formula is C15H16N2S. The first-order valence-corrected chi connectivity index (χ1v) is 7.07. The van der Waals surface area contributed by atoms with E-state index < -0.39 is 0 Å². The Morgan fingerprint density at radius 1 is 1.39 bits per heavy atom. The quantitative estimate of drug-likeness (QED) is 0.864. The molecule has 3 heteroatoms. The van der Waals surface area contributed by atoms with Gasteiger partial charge in [0.1, 0.15) is 0 Å². The molecule has 3 rings (SSSR count). The van der Waals surface area contributed by atoms with Crippen LogP contribution in [0.1, 0.15) is 29.0 Å². The highest BCUT2D eigenvalue weighted by atomic mass is 32.1. The van der Waals surface area contributed by atoms with Crippen molar-refractivity contribution in [2.75, 3.05) is 0 Å². The summed E-state index contributed by atoms with van der Waals surface area (Å²) in [6, 6.07) is 6.94. The van der Waals surface area contributed by atoms with Crippen LogP contribution in [0.25, 0.3) is 10.1 Å². The molecule has 0 aliphatic carbocycles. The van der Waals surface area contributed by atoms with Crippen LogP contribution < -0.4 is 5.32 Å². The number of aryl methyl sites for hydroxylation is 2. The molecular weight excluding hydrogens is 240 g/mol. The number of fused-ring (bicyclic) bond motifs is 1. The normalized spacial score (nSPS) is 18.2. The van der Waals surface area contributed by atoms with Crippen molar-refractivity contribution in [1.29, 1.82) is 0 Å². The summed E-state index contributed by atoms with van der Waals surface area (Å²) in [7, 11) is 0. The molecule has 0 radical (unpaired) electrons. The van der Waals surface area contributed by atoms with Crippen LogP contribution in [-0.2, 0) is 6.42 Å². The first kappa shape index (κ1) is 11.5. The molecule has 0 spiro atoms. The Balaban J connectivity index is 2.20. The molecule has 2 aromatic rings. The first-order chi connectivity index (χ1) is 8.79.